The Morgan fingerprint density at radius 1 is 1.24 bits per heavy atom. The third-order valence-corrected chi connectivity index (χ3v) is 4.09. The highest BCUT2D eigenvalue weighted by atomic mass is 35.5. The van der Waals surface area contributed by atoms with Gasteiger partial charge in [0.15, 0.2) is 0 Å². The number of hydrogen-bond acceptors (Lipinski definition) is 2. The number of halogens is 3. The molecule has 1 aromatic carbocycles. The van der Waals surface area contributed by atoms with E-state index < -0.39 is 0 Å². The van der Waals surface area contributed by atoms with Crippen molar-refractivity contribution < 1.29 is 4.79 Å². The summed E-state index contributed by atoms with van der Waals surface area (Å²) in [6.45, 7) is 1.69. The molecule has 2 aliphatic rings. The number of rotatable bonds is 0. The van der Waals surface area contributed by atoms with E-state index in [4.69, 9.17) is 23.2 Å². The molecule has 1 amide bonds. The van der Waals surface area contributed by atoms with E-state index in [1.165, 1.54) is 0 Å². The summed E-state index contributed by atoms with van der Waals surface area (Å²) >= 11 is 12.0. The van der Waals surface area contributed by atoms with Crippen molar-refractivity contribution in [3.63, 3.8) is 0 Å². The van der Waals surface area contributed by atoms with Crippen molar-refractivity contribution in [2.24, 2.45) is 0 Å². The molecular formula is C11H11Cl3N2O. The fraction of sp³-hybridized carbons (Fsp3) is 0.364. The maximum Gasteiger partial charge on any atom is 0.253 e. The molecule has 3 nitrogen and oxygen atoms in total. The Morgan fingerprint density at radius 2 is 2.00 bits per heavy atom. The van der Waals surface area contributed by atoms with Crippen LogP contribution in [0, 0.1) is 0 Å². The molecule has 0 aliphatic carbocycles. The smallest absolute Gasteiger partial charge is 0.253 e. The maximum absolute atomic E-state index is 11.9. The Bertz CT molecular complexity index is 478. The molecule has 0 radical (unpaired) electrons. The fourth-order valence-corrected chi connectivity index (χ4v) is 2.92. The Morgan fingerprint density at radius 3 is 2.76 bits per heavy atom. The van der Waals surface area contributed by atoms with Gasteiger partial charge in [-0.2, -0.15) is 0 Å². The number of carbonyl (C=O) groups is 1. The molecule has 3 rings (SSSR count). The monoisotopic (exact) mass is 292 g/mol. The zero-order valence-corrected chi connectivity index (χ0v) is 11.1. The molecule has 2 heterocycles. The maximum atomic E-state index is 11.9. The van der Waals surface area contributed by atoms with Crippen LogP contribution in [-0.4, -0.2) is 25.0 Å². The second kappa shape index (κ2) is 4.65. The molecular weight excluding hydrogens is 282 g/mol. The molecule has 6 heteroatoms. The van der Waals surface area contributed by atoms with Crippen molar-refractivity contribution in [3.05, 3.63) is 33.3 Å². The molecule has 0 bridgehead atoms. The second-order valence-corrected chi connectivity index (χ2v) is 4.96. The van der Waals surface area contributed by atoms with Gasteiger partial charge in [-0.05, 0) is 11.6 Å². The van der Waals surface area contributed by atoms with Gasteiger partial charge in [-0.1, -0.05) is 29.3 Å². The summed E-state index contributed by atoms with van der Waals surface area (Å²) in [5, 5.41) is 7.02. The lowest BCUT2D eigenvalue weighted by molar-refractivity contribution is 0.0924. The van der Waals surface area contributed by atoms with Gasteiger partial charge in [0.1, 0.15) is 0 Å². The van der Waals surface area contributed by atoms with E-state index in [-0.39, 0.29) is 24.4 Å². The van der Waals surface area contributed by atoms with E-state index in [2.05, 4.69) is 10.6 Å². The molecule has 0 spiro atoms. The summed E-state index contributed by atoms with van der Waals surface area (Å²) < 4.78 is 0. The van der Waals surface area contributed by atoms with E-state index in [1.807, 2.05) is 6.07 Å². The van der Waals surface area contributed by atoms with Crippen LogP contribution >= 0.6 is 35.6 Å². The molecule has 0 aromatic heterocycles. The number of nitrogens with one attached hydrogen (secondary N) is 2. The number of carbonyl (C=O) groups excluding carboxylic acids is 1. The van der Waals surface area contributed by atoms with Crippen LogP contribution in [0.2, 0.25) is 10.0 Å². The molecule has 1 fully saturated rings. The van der Waals surface area contributed by atoms with E-state index in [9.17, 15) is 4.79 Å². The molecule has 2 aliphatic heterocycles. The highest BCUT2D eigenvalue weighted by Gasteiger charge is 2.38. The van der Waals surface area contributed by atoms with E-state index >= 15 is 0 Å². The first-order chi connectivity index (χ1) is 7.68. The van der Waals surface area contributed by atoms with Crippen molar-refractivity contribution in [2.45, 2.75) is 12.0 Å². The highest BCUT2D eigenvalue weighted by molar-refractivity contribution is 6.44. The van der Waals surface area contributed by atoms with Crippen LogP contribution in [0.4, 0.5) is 0 Å². The predicted molar refractivity (Wildman–Crippen MR) is 70.6 cm³/mol. The van der Waals surface area contributed by atoms with Crippen LogP contribution in [0.25, 0.3) is 0 Å². The van der Waals surface area contributed by atoms with E-state index in [1.54, 1.807) is 6.07 Å². The van der Waals surface area contributed by atoms with Crippen molar-refractivity contribution in [2.75, 3.05) is 13.1 Å². The van der Waals surface area contributed by atoms with Gasteiger partial charge in [0.2, 0.25) is 0 Å². The summed E-state index contributed by atoms with van der Waals surface area (Å²) in [5.74, 6) is 0.190. The molecule has 17 heavy (non-hydrogen) atoms. The standard InChI is InChI=1S/C11H10Cl2N2O.ClH/c12-7-2-1-5-6-3-14-4-8(6)15-11(16)9(5)10(7)13;/h1-2,6,8,14H,3-4H2,(H,15,16);1H/t6-,8+;/m0./s1. The van der Waals surface area contributed by atoms with Crippen molar-refractivity contribution in [1.29, 1.82) is 0 Å². The number of benzene rings is 1. The fourth-order valence-electron chi connectivity index (χ4n) is 2.50. The number of amides is 1. The van der Waals surface area contributed by atoms with Gasteiger partial charge >= 0.3 is 0 Å². The molecule has 0 saturated carbocycles. The molecule has 92 valence electrons. The topological polar surface area (TPSA) is 41.1 Å². The Kier molecular flexibility index (Phi) is 3.55. The number of hydrogen-bond donors (Lipinski definition) is 2. The molecule has 2 N–H and O–H groups in total. The van der Waals surface area contributed by atoms with Gasteiger partial charge in [0.05, 0.1) is 15.6 Å². The zero-order valence-electron chi connectivity index (χ0n) is 8.80. The van der Waals surface area contributed by atoms with Gasteiger partial charge in [0, 0.05) is 25.0 Å². The van der Waals surface area contributed by atoms with E-state index in [0.717, 1.165) is 18.7 Å². The Labute approximate surface area is 115 Å². The first-order valence-corrected chi connectivity index (χ1v) is 5.93. The summed E-state index contributed by atoms with van der Waals surface area (Å²) in [6.07, 6.45) is 0. The van der Waals surface area contributed by atoms with Crippen molar-refractivity contribution in [3.8, 4) is 0 Å². The van der Waals surface area contributed by atoms with Crippen LogP contribution in [0.1, 0.15) is 21.8 Å². The summed E-state index contributed by atoms with van der Waals surface area (Å²) in [5.41, 5.74) is 1.55. The molecule has 0 unspecified atom stereocenters. The second-order valence-electron chi connectivity index (χ2n) is 4.17. The average Bonchev–Trinajstić information content (AvgIpc) is 2.70. The first kappa shape index (κ1) is 13.0. The van der Waals surface area contributed by atoms with Gasteiger partial charge in [-0.3, -0.25) is 4.79 Å². The first-order valence-electron chi connectivity index (χ1n) is 5.18. The minimum Gasteiger partial charge on any atom is -0.347 e. The largest absolute Gasteiger partial charge is 0.347 e. The van der Waals surface area contributed by atoms with Gasteiger partial charge in [0.25, 0.3) is 5.91 Å². The quantitative estimate of drug-likeness (QED) is 0.770. The summed E-state index contributed by atoms with van der Waals surface area (Å²) in [4.78, 5) is 11.9. The lowest BCUT2D eigenvalue weighted by Crippen LogP contribution is -2.44. The number of fused-ring (bicyclic) bond motifs is 3. The minimum atomic E-state index is -0.118. The minimum absolute atomic E-state index is 0. The third kappa shape index (κ3) is 1.91. The van der Waals surface area contributed by atoms with Crippen LogP contribution in [0.3, 0.4) is 0 Å². The lowest BCUT2D eigenvalue weighted by Gasteiger charge is -2.28. The van der Waals surface area contributed by atoms with Crippen LogP contribution < -0.4 is 10.6 Å². The Balaban J connectivity index is 0.00000108. The van der Waals surface area contributed by atoms with Gasteiger partial charge < -0.3 is 10.6 Å². The van der Waals surface area contributed by atoms with Crippen LogP contribution in [0.5, 0.6) is 0 Å². The molecule has 2 atom stereocenters. The van der Waals surface area contributed by atoms with Crippen LogP contribution in [0.15, 0.2) is 12.1 Å². The van der Waals surface area contributed by atoms with Crippen molar-refractivity contribution >= 4 is 41.5 Å². The SMILES string of the molecule is Cl.O=C1N[C@@H]2CNC[C@H]2c2ccc(Cl)c(Cl)c21. The summed E-state index contributed by atoms with van der Waals surface area (Å²) in [6, 6.07) is 3.85. The molecule has 1 aromatic rings. The third-order valence-electron chi connectivity index (χ3n) is 3.28. The summed E-state index contributed by atoms with van der Waals surface area (Å²) in [7, 11) is 0. The Hall–Kier alpha value is -0.480. The predicted octanol–water partition coefficient (Wildman–Crippen LogP) is 2.21. The zero-order chi connectivity index (χ0) is 11.3. The van der Waals surface area contributed by atoms with E-state index in [0.29, 0.717) is 21.5 Å². The average molecular weight is 294 g/mol. The lowest BCUT2D eigenvalue weighted by atomic mass is 9.86. The molecule has 1 saturated heterocycles. The van der Waals surface area contributed by atoms with Gasteiger partial charge in [-0.25, -0.2) is 0 Å². The van der Waals surface area contributed by atoms with Crippen molar-refractivity contribution in [1.82, 2.24) is 10.6 Å². The highest BCUT2D eigenvalue weighted by Crippen LogP contribution is 2.37. The van der Waals surface area contributed by atoms with Crippen LogP contribution in [-0.2, 0) is 0 Å². The van der Waals surface area contributed by atoms with Gasteiger partial charge in [-0.15, -0.1) is 12.4 Å². The normalized spacial score (nSPS) is 25.6.